The molecule has 2 fully saturated rings. The molecule has 2 aliphatic rings. The van der Waals surface area contributed by atoms with E-state index in [1.54, 1.807) is 12.3 Å². The Labute approximate surface area is 207 Å². The van der Waals surface area contributed by atoms with E-state index in [2.05, 4.69) is 15.6 Å². The van der Waals surface area contributed by atoms with Gasteiger partial charge in [-0.25, -0.2) is 15.0 Å². The van der Waals surface area contributed by atoms with Crippen molar-refractivity contribution in [3.63, 3.8) is 0 Å². The molecule has 9 nitrogen and oxygen atoms in total. The fourth-order valence-electron chi connectivity index (χ4n) is 3.95. The van der Waals surface area contributed by atoms with Gasteiger partial charge in [-0.3, -0.25) is 0 Å². The van der Waals surface area contributed by atoms with Crippen molar-refractivity contribution in [2.24, 2.45) is 5.92 Å². The second-order valence-corrected chi connectivity index (χ2v) is 9.02. The SMILES string of the molecule is COc1cc(OC)c(Cl)c(-c2cc3cnc(NC4CCOC4)nc3c(NCC3COC3)n2)c1Cl. The highest BCUT2D eigenvalue weighted by Gasteiger charge is 2.23. The van der Waals surface area contributed by atoms with E-state index in [-0.39, 0.29) is 6.04 Å². The van der Waals surface area contributed by atoms with E-state index < -0.39 is 0 Å². The van der Waals surface area contributed by atoms with Crippen LogP contribution in [0.5, 0.6) is 11.5 Å². The van der Waals surface area contributed by atoms with Crippen LogP contribution >= 0.6 is 23.2 Å². The number of rotatable bonds is 8. The average Bonchev–Trinajstić information content (AvgIpc) is 3.31. The number of pyridine rings is 1. The van der Waals surface area contributed by atoms with E-state index in [1.165, 1.54) is 14.2 Å². The molecular formula is C23H25Cl2N5O4. The van der Waals surface area contributed by atoms with E-state index in [4.69, 9.17) is 52.1 Å². The van der Waals surface area contributed by atoms with Gasteiger partial charge in [0.05, 0.1) is 55.8 Å². The van der Waals surface area contributed by atoms with Crippen molar-refractivity contribution in [3.05, 3.63) is 28.4 Å². The van der Waals surface area contributed by atoms with Crippen LogP contribution in [0.3, 0.4) is 0 Å². The van der Waals surface area contributed by atoms with Crippen LogP contribution in [0, 0.1) is 5.92 Å². The van der Waals surface area contributed by atoms with Gasteiger partial charge in [-0.05, 0) is 12.5 Å². The minimum Gasteiger partial charge on any atom is -0.495 e. The maximum absolute atomic E-state index is 6.67. The summed E-state index contributed by atoms with van der Waals surface area (Å²) in [5.41, 5.74) is 1.77. The lowest BCUT2D eigenvalue weighted by molar-refractivity contribution is -0.0248. The number of fused-ring (bicyclic) bond motifs is 1. The van der Waals surface area contributed by atoms with Crippen LogP contribution in [-0.4, -0.2) is 68.2 Å². The fraction of sp³-hybridized carbons (Fsp3) is 0.435. The Hall–Kier alpha value is -2.59. The molecule has 5 rings (SSSR count). The number of hydrogen-bond donors (Lipinski definition) is 2. The molecule has 1 unspecified atom stereocenters. The van der Waals surface area contributed by atoms with Crippen LogP contribution in [-0.2, 0) is 9.47 Å². The molecule has 2 aliphatic heterocycles. The van der Waals surface area contributed by atoms with E-state index in [1.807, 2.05) is 6.07 Å². The van der Waals surface area contributed by atoms with E-state index in [9.17, 15) is 0 Å². The smallest absolute Gasteiger partial charge is 0.223 e. The van der Waals surface area contributed by atoms with Gasteiger partial charge in [-0.15, -0.1) is 0 Å². The summed E-state index contributed by atoms with van der Waals surface area (Å²) >= 11 is 13.3. The van der Waals surface area contributed by atoms with Crippen molar-refractivity contribution in [3.8, 4) is 22.8 Å². The molecule has 2 saturated heterocycles. The third-order valence-corrected chi connectivity index (χ3v) is 6.67. The van der Waals surface area contributed by atoms with Gasteiger partial charge >= 0.3 is 0 Å². The quantitative estimate of drug-likeness (QED) is 0.464. The Morgan fingerprint density at radius 1 is 1.03 bits per heavy atom. The average molecular weight is 506 g/mol. The Balaban J connectivity index is 1.60. The highest BCUT2D eigenvalue weighted by Crippen LogP contribution is 2.46. The summed E-state index contributed by atoms with van der Waals surface area (Å²) in [5.74, 6) is 2.44. The van der Waals surface area contributed by atoms with E-state index >= 15 is 0 Å². The zero-order valence-electron chi connectivity index (χ0n) is 18.9. The first-order valence-corrected chi connectivity index (χ1v) is 11.8. The van der Waals surface area contributed by atoms with Gasteiger partial charge in [-0.2, -0.15) is 0 Å². The van der Waals surface area contributed by atoms with Gasteiger partial charge in [0.2, 0.25) is 5.95 Å². The molecule has 0 aliphatic carbocycles. The van der Waals surface area contributed by atoms with Gasteiger partial charge in [0, 0.05) is 42.3 Å². The van der Waals surface area contributed by atoms with Crippen LogP contribution in [0.25, 0.3) is 22.2 Å². The maximum Gasteiger partial charge on any atom is 0.223 e. The molecule has 1 aromatic carbocycles. The largest absolute Gasteiger partial charge is 0.495 e. The molecule has 2 N–H and O–H groups in total. The van der Waals surface area contributed by atoms with Crippen molar-refractivity contribution >= 4 is 45.9 Å². The molecule has 34 heavy (non-hydrogen) atoms. The number of benzene rings is 1. The molecule has 0 saturated carbocycles. The maximum atomic E-state index is 6.67. The summed E-state index contributed by atoms with van der Waals surface area (Å²) in [6.45, 7) is 3.52. The van der Waals surface area contributed by atoms with E-state index in [0.29, 0.717) is 69.2 Å². The predicted molar refractivity (Wildman–Crippen MR) is 132 cm³/mol. The van der Waals surface area contributed by atoms with Crippen molar-refractivity contribution in [2.75, 3.05) is 57.8 Å². The zero-order chi connectivity index (χ0) is 23.7. The third kappa shape index (κ3) is 4.53. The third-order valence-electron chi connectivity index (χ3n) is 5.92. The first kappa shape index (κ1) is 23.2. The highest BCUT2D eigenvalue weighted by atomic mass is 35.5. The van der Waals surface area contributed by atoms with Gasteiger partial charge < -0.3 is 29.6 Å². The molecular weight excluding hydrogens is 481 g/mol. The normalized spacial score (nSPS) is 18.1. The first-order chi connectivity index (χ1) is 16.6. The molecule has 1 atom stereocenters. The minimum absolute atomic E-state index is 0.190. The summed E-state index contributed by atoms with van der Waals surface area (Å²) in [5, 5.41) is 8.26. The lowest BCUT2D eigenvalue weighted by Gasteiger charge is -2.26. The van der Waals surface area contributed by atoms with Crippen LogP contribution in [0.4, 0.5) is 11.8 Å². The van der Waals surface area contributed by atoms with Crippen LogP contribution in [0.15, 0.2) is 18.3 Å². The summed E-state index contributed by atoms with van der Waals surface area (Å²) in [7, 11) is 3.08. The predicted octanol–water partition coefficient (Wildman–Crippen LogP) is 4.27. The molecule has 4 heterocycles. The number of ether oxygens (including phenoxy) is 4. The molecule has 0 radical (unpaired) electrons. The highest BCUT2D eigenvalue weighted by molar-refractivity contribution is 6.41. The van der Waals surface area contributed by atoms with Gasteiger partial charge in [0.25, 0.3) is 0 Å². The van der Waals surface area contributed by atoms with Crippen molar-refractivity contribution in [1.82, 2.24) is 15.0 Å². The van der Waals surface area contributed by atoms with Crippen LogP contribution in [0.1, 0.15) is 6.42 Å². The summed E-state index contributed by atoms with van der Waals surface area (Å²) in [4.78, 5) is 14.1. The molecule has 0 amide bonds. The van der Waals surface area contributed by atoms with Crippen LogP contribution < -0.4 is 20.1 Å². The summed E-state index contributed by atoms with van der Waals surface area (Å²) < 4.78 is 21.6. The number of aromatic nitrogens is 3. The van der Waals surface area contributed by atoms with Crippen LogP contribution in [0.2, 0.25) is 10.0 Å². The Morgan fingerprint density at radius 3 is 2.41 bits per heavy atom. The second-order valence-electron chi connectivity index (χ2n) is 8.26. The van der Waals surface area contributed by atoms with Gasteiger partial charge in [-0.1, -0.05) is 23.2 Å². The summed E-state index contributed by atoms with van der Waals surface area (Å²) in [6.07, 6.45) is 2.68. The van der Waals surface area contributed by atoms with Crippen molar-refractivity contribution in [2.45, 2.75) is 12.5 Å². The molecule has 11 heteroatoms. The Morgan fingerprint density at radius 2 is 1.79 bits per heavy atom. The van der Waals surface area contributed by atoms with E-state index in [0.717, 1.165) is 31.6 Å². The lowest BCUT2D eigenvalue weighted by atomic mass is 10.1. The molecule has 2 aromatic heterocycles. The fourth-order valence-corrected chi connectivity index (χ4v) is 4.64. The molecule has 0 bridgehead atoms. The number of hydrogen-bond acceptors (Lipinski definition) is 9. The van der Waals surface area contributed by atoms with Gasteiger partial charge in [0.15, 0.2) is 5.82 Å². The molecule has 3 aromatic rings. The second kappa shape index (κ2) is 9.95. The number of halogens is 2. The number of nitrogens with one attached hydrogen (secondary N) is 2. The number of methoxy groups -OCH3 is 2. The standard InChI is InChI=1S/C23H25Cl2N5O4/c1-31-16-6-17(32-2)20(25)18(19(16)24)15-5-13-8-27-23(28-14-3-4-33-11-14)30-21(13)22(29-15)26-7-12-9-34-10-12/h5-6,8,12,14H,3-4,7,9-11H2,1-2H3,(H,26,29)(H,27,28,30). The van der Waals surface area contributed by atoms with Gasteiger partial charge in [0.1, 0.15) is 17.0 Å². The Kier molecular flexibility index (Phi) is 6.78. The molecule has 0 spiro atoms. The zero-order valence-corrected chi connectivity index (χ0v) is 20.4. The van der Waals surface area contributed by atoms with Crippen molar-refractivity contribution in [1.29, 1.82) is 0 Å². The minimum atomic E-state index is 0.190. The summed E-state index contributed by atoms with van der Waals surface area (Å²) in [6, 6.07) is 3.70. The first-order valence-electron chi connectivity index (χ1n) is 11.0. The number of nitrogens with zero attached hydrogens (tertiary/aromatic N) is 3. The Bertz CT molecular complexity index is 1170. The number of anilines is 2. The topological polar surface area (TPSA) is 99.7 Å². The lowest BCUT2D eigenvalue weighted by Crippen LogP contribution is -2.33. The monoisotopic (exact) mass is 505 g/mol. The molecule has 180 valence electrons. The van der Waals surface area contributed by atoms with Crippen molar-refractivity contribution < 1.29 is 18.9 Å².